The predicted octanol–water partition coefficient (Wildman–Crippen LogP) is 7.35. The Morgan fingerprint density at radius 3 is 2.37 bits per heavy atom. The van der Waals surface area contributed by atoms with Crippen molar-refractivity contribution in [3.05, 3.63) is 46.8 Å². The van der Waals surface area contributed by atoms with Crippen molar-refractivity contribution < 1.29 is 4.39 Å². The van der Waals surface area contributed by atoms with Gasteiger partial charge in [-0.2, -0.15) is 5.26 Å². The zero-order valence-electron chi connectivity index (χ0n) is 16.9. The Labute approximate surface area is 164 Å². The van der Waals surface area contributed by atoms with Crippen molar-refractivity contribution in [2.24, 2.45) is 17.8 Å². The topological polar surface area (TPSA) is 23.8 Å². The highest BCUT2D eigenvalue weighted by atomic mass is 19.1. The summed E-state index contributed by atoms with van der Waals surface area (Å²) in [6, 6.07) is 6.90. The molecule has 0 bridgehead atoms. The maximum atomic E-state index is 13.7. The number of rotatable bonds is 7. The third-order valence-corrected chi connectivity index (χ3v) is 7.03. The first-order valence-electron chi connectivity index (χ1n) is 11.0. The Kier molecular flexibility index (Phi) is 7.50. The van der Waals surface area contributed by atoms with E-state index in [-0.39, 0.29) is 11.4 Å². The summed E-state index contributed by atoms with van der Waals surface area (Å²) in [5.41, 5.74) is 2.68. The third-order valence-electron chi connectivity index (χ3n) is 7.03. The third kappa shape index (κ3) is 5.93. The molecule has 0 amide bonds. The fourth-order valence-corrected chi connectivity index (χ4v) is 4.94. The number of nitriles is 1. The summed E-state index contributed by atoms with van der Waals surface area (Å²) < 4.78 is 13.7. The van der Waals surface area contributed by atoms with Crippen molar-refractivity contribution in [3.63, 3.8) is 0 Å². The number of hydrogen-bond acceptors (Lipinski definition) is 1. The molecular weight excluding hydrogens is 333 g/mol. The molecule has 1 aromatic carbocycles. The van der Waals surface area contributed by atoms with Crippen LogP contribution in [0.3, 0.4) is 0 Å². The molecule has 1 unspecified atom stereocenters. The van der Waals surface area contributed by atoms with Crippen LogP contribution in [0.4, 0.5) is 4.39 Å². The van der Waals surface area contributed by atoms with E-state index in [1.54, 1.807) is 11.6 Å². The number of hydrogen-bond donors (Lipinski definition) is 0. The highest BCUT2D eigenvalue weighted by Gasteiger charge is 2.22. The molecule has 27 heavy (non-hydrogen) atoms. The minimum absolute atomic E-state index is 0.140. The standard InChI is InChI=1S/C25H34FN/c1-2-19-3-5-20(6-4-19)7-8-21-9-11-22(12-10-21)13-14-23-15-16-24(18-27)25(26)17-23/h11,15-17,19-21H,2-10,12-14H2,1H3/t19-,20-,21?. The zero-order chi connectivity index (χ0) is 19.1. The SMILES string of the molecule is CC[C@H]1CC[C@H](CCC2CC=C(CCc3ccc(C#N)c(F)c3)CC2)CC1. The molecule has 1 atom stereocenters. The van der Waals surface area contributed by atoms with Crippen LogP contribution in [-0.4, -0.2) is 0 Å². The number of benzene rings is 1. The van der Waals surface area contributed by atoms with Gasteiger partial charge in [-0.3, -0.25) is 0 Å². The highest BCUT2D eigenvalue weighted by Crippen LogP contribution is 2.36. The minimum Gasteiger partial charge on any atom is -0.206 e. The van der Waals surface area contributed by atoms with E-state index in [1.165, 1.54) is 70.3 Å². The van der Waals surface area contributed by atoms with Crippen LogP contribution in [0.2, 0.25) is 0 Å². The molecule has 2 aliphatic carbocycles. The first-order valence-corrected chi connectivity index (χ1v) is 11.0. The van der Waals surface area contributed by atoms with Gasteiger partial charge in [-0.05, 0) is 74.0 Å². The Morgan fingerprint density at radius 2 is 1.74 bits per heavy atom. The molecule has 0 N–H and O–H groups in total. The monoisotopic (exact) mass is 367 g/mol. The molecule has 1 nitrogen and oxygen atoms in total. The summed E-state index contributed by atoms with van der Waals surface area (Å²) in [4.78, 5) is 0. The van der Waals surface area contributed by atoms with E-state index in [9.17, 15) is 4.39 Å². The average Bonchev–Trinajstić information content (AvgIpc) is 2.72. The van der Waals surface area contributed by atoms with Crippen molar-refractivity contribution >= 4 is 0 Å². The van der Waals surface area contributed by atoms with E-state index >= 15 is 0 Å². The molecule has 1 saturated carbocycles. The lowest BCUT2D eigenvalue weighted by atomic mass is 9.76. The quantitative estimate of drug-likeness (QED) is 0.462. The van der Waals surface area contributed by atoms with Crippen LogP contribution in [0.25, 0.3) is 0 Å². The predicted molar refractivity (Wildman–Crippen MR) is 110 cm³/mol. The molecule has 2 aliphatic rings. The van der Waals surface area contributed by atoms with Crippen molar-refractivity contribution in [2.45, 2.75) is 84.0 Å². The van der Waals surface area contributed by atoms with Crippen LogP contribution in [0, 0.1) is 34.9 Å². The van der Waals surface area contributed by atoms with E-state index in [2.05, 4.69) is 13.0 Å². The van der Waals surface area contributed by atoms with Gasteiger partial charge in [0, 0.05) is 0 Å². The Bertz CT molecular complexity index is 676. The van der Waals surface area contributed by atoms with Gasteiger partial charge < -0.3 is 0 Å². The van der Waals surface area contributed by atoms with Crippen LogP contribution in [0.1, 0.15) is 88.7 Å². The van der Waals surface area contributed by atoms with Crippen molar-refractivity contribution in [3.8, 4) is 6.07 Å². The van der Waals surface area contributed by atoms with Crippen molar-refractivity contribution in [1.82, 2.24) is 0 Å². The number of aryl methyl sites for hydroxylation is 1. The Balaban J connectivity index is 1.37. The molecule has 146 valence electrons. The van der Waals surface area contributed by atoms with E-state index in [4.69, 9.17) is 5.26 Å². The molecule has 3 rings (SSSR count). The molecule has 1 aromatic rings. The summed E-state index contributed by atoms with van der Waals surface area (Å²) in [5.74, 6) is 2.49. The van der Waals surface area contributed by atoms with Gasteiger partial charge in [0.1, 0.15) is 11.9 Å². The fraction of sp³-hybridized carbons (Fsp3) is 0.640. The lowest BCUT2D eigenvalue weighted by Crippen LogP contribution is -2.15. The number of nitrogens with zero attached hydrogens (tertiary/aromatic N) is 1. The molecule has 0 saturated heterocycles. The smallest absolute Gasteiger partial charge is 0.141 e. The van der Waals surface area contributed by atoms with E-state index in [0.29, 0.717) is 0 Å². The Hall–Kier alpha value is -1.62. The van der Waals surface area contributed by atoms with Gasteiger partial charge in [-0.15, -0.1) is 0 Å². The highest BCUT2D eigenvalue weighted by molar-refractivity contribution is 5.33. The second-order valence-electron chi connectivity index (χ2n) is 8.80. The molecular formula is C25H34FN. The molecule has 0 aliphatic heterocycles. The molecule has 0 heterocycles. The first-order chi connectivity index (χ1) is 13.2. The lowest BCUT2D eigenvalue weighted by molar-refractivity contribution is 0.241. The first kappa shape index (κ1) is 20.1. The van der Waals surface area contributed by atoms with Crippen LogP contribution in [-0.2, 0) is 6.42 Å². The maximum absolute atomic E-state index is 13.7. The minimum atomic E-state index is -0.388. The van der Waals surface area contributed by atoms with Gasteiger partial charge in [0.25, 0.3) is 0 Å². The largest absolute Gasteiger partial charge is 0.206 e. The number of halogens is 1. The number of allylic oxidation sites excluding steroid dienone is 2. The molecule has 0 spiro atoms. The van der Waals surface area contributed by atoms with Gasteiger partial charge >= 0.3 is 0 Å². The van der Waals surface area contributed by atoms with Gasteiger partial charge in [-0.1, -0.05) is 63.2 Å². The second kappa shape index (κ2) is 10.1. The summed E-state index contributed by atoms with van der Waals surface area (Å²) in [6.07, 6.45) is 18.2. The summed E-state index contributed by atoms with van der Waals surface area (Å²) in [5, 5.41) is 8.82. The molecule has 0 radical (unpaired) electrons. The van der Waals surface area contributed by atoms with Gasteiger partial charge in [0.2, 0.25) is 0 Å². The Morgan fingerprint density at radius 1 is 1.00 bits per heavy atom. The average molecular weight is 368 g/mol. The molecule has 2 heteroatoms. The molecule has 0 aromatic heterocycles. The van der Waals surface area contributed by atoms with Gasteiger partial charge in [0.15, 0.2) is 0 Å². The summed E-state index contributed by atoms with van der Waals surface area (Å²) in [6.45, 7) is 2.34. The fourth-order valence-electron chi connectivity index (χ4n) is 4.94. The molecule has 1 fully saturated rings. The summed E-state index contributed by atoms with van der Waals surface area (Å²) >= 11 is 0. The van der Waals surface area contributed by atoms with Gasteiger partial charge in [0.05, 0.1) is 5.56 Å². The summed E-state index contributed by atoms with van der Waals surface area (Å²) in [7, 11) is 0. The normalized spacial score (nSPS) is 25.7. The van der Waals surface area contributed by atoms with Crippen LogP contribution < -0.4 is 0 Å². The van der Waals surface area contributed by atoms with E-state index in [1.807, 2.05) is 12.1 Å². The maximum Gasteiger partial charge on any atom is 0.141 e. The zero-order valence-corrected chi connectivity index (χ0v) is 16.9. The van der Waals surface area contributed by atoms with Gasteiger partial charge in [-0.25, -0.2) is 4.39 Å². The van der Waals surface area contributed by atoms with Crippen LogP contribution >= 0.6 is 0 Å². The van der Waals surface area contributed by atoms with Crippen LogP contribution in [0.15, 0.2) is 29.8 Å². The lowest BCUT2D eigenvalue weighted by Gasteiger charge is -2.29. The van der Waals surface area contributed by atoms with Crippen LogP contribution in [0.5, 0.6) is 0 Å². The van der Waals surface area contributed by atoms with E-state index in [0.717, 1.165) is 36.2 Å². The second-order valence-corrected chi connectivity index (χ2v) is 8.80. The van der Waals surface area contributed by atoms with E-state index < -0.39 is 0 Å². The van der Waals surface area contributed by atoms with Crippen molar-refractivity contribution in [2.75, 3.05) is 0 Å². The van der Waals surface area contributed by atoms with Crippen molar-refractivity contribution in [1.29, 1.82) is 5.26 Å².